The second-order valence-electron chi connectivity index (χ2n) is 7.23. The van der Waals surface area contributed by atoms with Gasteiger partial charge in [-0.3, -0.25) is 14.5 Å². The van der Waals surface area contributed by atoms with Gasteiger partial charge in [0, 0.05) is 19.3 Å². The number of nitro groups is 1. The summed E-state index contributed by atoms with van der Waals surface area (Å²) in [7, 11) is 0. The van der Waals surface area contributed by atoms with Crippen LogP contribution in [0.15, 0.2) is 47.0 Å². The average molecular weight is 379 g/mol. The van der Waals surface area contributed by atoms with Crippen molar-refractivity contribution >= 4 is 22.7 Å². The average Bonchev–Trinajstić information content (AvgIpc) is 3.42. The van der Waals surface area contributed by atoms with Crippen molar-refractivity contribution in [1.82, 2.24) is 18.9 Å². The minimum absolute atomic E-state index is 0.273. The van der Waals surface area contributed by atoms with Gasteiger partial charge < -0.3 is 13.9 Å². The topological polar surface area (TPSA) is 81.8 Å². The van der Waals surface area contributed by atoms with Crippen molar-refractivity contribution in [3.63, 3.8) is 0 Å². The Morgan fingerprint density at radius 3 is 2.57 bits per heavy atom. The number of piperidine rings is 1. The fourth-order valence-corrected chi connectivity index (χ4v) is 4.07. The number of aromatic nitrogens is 3. The summed E-state index contributed by atoms with van der Waals surface area (Å²) < 4.78 is 9.61. The Bertz CT molecular complexity index is 1150. The number of hydrogen-bond acceptors (Lipinski definition) is 5. The van der Waals surface area contributed by atoms with Crippen LogP contribution in [0.5, 0.6) is 0 Å². The van der Waals surface area contributed by atoms with Crippen LogP contribution >= 0.6 is 0 Å². The molecule has 1 fully saturated rings. The molecule has 5 rings (SSSR count). The van der Waals surface area contributed by atoms with Gasteiger partial charge in [-0.25, -0.2) is 4.98 Å². The van der Waals surface area contributed by atoms with Crippen LogP contribution in [0.3, 0.4) is 0 Å². The van der Waals surface area contributed by atoms with Crippen LogP contribution in [0.4, 0.5) is 5.88 Å². The normalized spacial score (nSPS) is 15.6. The van der Waals surface area contributed by atoms with E-state index in [9.17, 15) is 10.1 Å². The number of hydrogen-bond donors (Lipinski definition) is 0. The standard InChI is InChI=1S/C20H21N5O3/c26-25(27)19-9-8-18(28-19)15-14-24-17-7-3-2-6-16(17)23(20(24)21-15)13-12-22-10-4-1-5-11-22/h2-3,6-9,14H,1,4-5,10-13H2. The molecule has 1 aliphatic rings. The van der Waals surface area contributed by atoms with Gasteiger partial charge in [-0.15, -0.1) is 0 Å². The lowest BCUT2D eigenvalue weighted by Crippen LogP contribution is -2.32. The summed E-state index contributed by atoms with van der Waals surface area (Å²) in [4.78, 5) is 17.6. The van der Waals surface area contributed by atoms with Gasteiger partial charge in [0.05, 0.1) is 17.1 Å². The summed E-state index contributed by atoms with van der Waals surface area (Å²) in [5.41, 5.74) is 2.80. The molecule has 1 aliphatic heterocycles. The lowest BCUT2D eigenvalue weighted by molar-refractivity contribution is -0.401. The van der Waals surface area contributed by atoms with E-state index in [1.807, 2.05) is 22.7 Å². The Balaban J connectivity index is 1.54. The van der Waals surface area contributed by atoms with Gasteiger partial charge in [-0.1, -0.05) is 18.6 Å². The Kier molecular flexibility index (Phi) is 4.12. The van der Waals surface area contributed by atoms with Crippen LogP contribution in [0.25, 0.3) is 28.3 Å². The molecule has 0 radical (unpaired) electrons. The third kappa shape index (κ3) is 2.86. The number of rotatable bonds is 5. The minimum atomic E-state index is -0.534. The Morgan fingerprint density at radius 1 is 1.04 bits per heavy atom. The molecule has 144 valence electrons. The quantitative estimate of drug-likeness (QED) is 0.387. The molecule has 0 N–H and O–H groups in total. The molecule has 8 heteroatoms. The lowest BCUT2D eigenvalue weighted by Gasteiger charge is -2.26. The second-order valence-corrected chi connectivity index (χ2v) is 7.23. The molecule has 4 aromatic rings. The first kappa shape index (κ1) is 17.0. The van der Waals surface area contributed by atoms with Gasteiger partial charge in [0.15, 0.2) is 5.76 Å². The molecular weight excluding hydrogens is 358 g/mol. The fourth-order valence-electron chi connectivity index (χ4n) is 4.07. The number of furan rings is 1. The summed E-state index contributed by atoms with van der Waals surface area (Å²) >= 11 is 0. The van der Waals surface area contributed by atoms with Crippen molar-refractivity contribution in [2.75, 3.05) is 19.6 Å². The monoisotopic (exact) mass is 379 g/mol. The molecule has 1 saturated heterocycles. The molecular formula is C20H21N5O3. The SMILES string of the molecule is O=[N+]([O-])c1ccc(-c2cn3c4ccccc4n(CCN4CCCCC4)c3n2)o1. The third-order valence-corrected chi connectivity index (χ3v) is 5.47. The van der Waals surface area contributed by atoms with Crippen LogP contribution in [-0.4, -0.2) is 43.4 Å². The summed E-state index contributed by atoms with van der Waals surface area (Å²) in [6.07, 6.45) is 5.75. The highest BCUT2D eigenvalue weighted by molar-refractivity contribution is 5.82. The van der Waals surface area contributed by atoms with Crippen molar-refractivity contribution in [3.8, 4) is 11.5 Å². The lowest BCUT2D eigenvalue weighted by atomic mass is 10.1. The van der Waals surface area contributed by atoms with Crippen molar-refractivity contribution in [3.05, 3.63) is 52.7 Å². The Morgan fingerprint density at radius 2 is 1.82 bits per heavy atom. The molecule has 8 nitrogen and oxygen atoms in total. The first-order valence-electron chi connectivity index (χ1n) is 9.64. The fraction of sp³-hybridized carbons (Fsp3) is 0.350. The van der Waals surface area contributed by atoms with E-state index in [2.05, 4.69) is 21.6 Å². The predicted molar refractivity (Wildman–Crippen MR) is 105 cm³/mol. The number of imidazole rings is 2. The molecule has 0 aliphatic carbocycles. The molecule has 0 spiro atoms. The van der Waals surface area contributed by atoms with Gasteiger partial charge in [0.25, 0.3) is 0 Å². The van der Waals surface area contributed by atoms with E-state index in [1.165, 1.54) is 25.3 Å². The molecule has 4 heterocycles. The highest BCUT2D eigenvalue weighted by atomic mass is 16.6. The minimum Gasteiger partial charge on any atom is -0.399 e. The molecule has 0 amide bonds. The zero-order chi connectivity index (χ0) is 19.1. The number of fused-ring (bicyclic) bond motifs is 3. The van der Waals surface area contributed by atoms with Gasteiger partial charge in [-0.2, -0.15) is 0 Å². The second kappa shape index (κ2) is 6.79. The first-order valence-corrected chi connectivity index (χ1v) is 9.64. The van der Waals surface area contributed by atoms with Crippen LogP contribution < -0.4 is 0 Å². The van der Waals surface area contributed by atoms with Gasteiger partial charge in [0.2, 0.25) is 5.78 Å². The van der Waals surface area contributed by atoms with Crippen LogP contribution in [0, 0.1) is 10.1 Å². The molecule has 1 aromatic carbocycles. The highest BCUT2D eigenvalue weighted by Gasteiger charge is 2.19. The summed E-state index contributed by atoms with van der Waals surface area (Å²) in [5, 5.41) is 10.9. The van der Waals surface area contributed by atoms with E-state index < -0.39 is 4.92 Å². The van der Waals surface area contributed by atoms with Gasteiger partial charge in [-0.05, 0) is 44.1 Å². The first-order chi connectivity index (χ1) is 13.7. The zero-order valence-electron chi connectivity index (χ0n) is 15.5. The number of nitrogens with zero attached hydrogens (tertiary/aromatic N) is 5. The number of benzene rings is 1. The largest absolute Gasteiger partial charge is 0.433 e. The molecule has 28 heavy (non-hydrogen) atoms. The summed E-state index contributed by atoms with van der Waals surface area (Å²) in [5.74, 6) is 0.958. The maximum absolute atomic E-state index is 10.9. The maximum atomic E-state index is 10.9. The summed E-state index contributed by atoms with van der Waals surface area (Å²) in [6.45, 7) is 4.16. The number of para-hydroxylation sites is 2. The van der Waals surface area contributed by atoms with Gasteiger partial charge >= 0.3 is 5.88 Å². The van der Waals surface area contributed by atoms with Gasteiger partial charge in [0.1, 0.15) is 10.6 Å². The van der Waals surface area contributed by atoms with Crippen LogP contribution in [-0.2, 0) is 6.54 Å². The van der Waals surface area contributed by atoms with E-state index >= 15 is 0 Å². The molecule has 0 bridgehead atoms. The van der Waals surface area contributed by atoms with E-state index in [0.717, 1.165) is 43.0 Å². The molecule has 0 unspecified atom stereocenters. The van der Waals surface area contributed by atoms with Crippen molar-refractivity contribution < 1.29 is 9.34 Å². The molecule has 0 saturated carbocycles. The van der Waals surface area contributed by atoms with Crippen LogP contribution in [0.1, 0.15) is 19.3 Å². The Labute approximate surface area is 161 Å². The smallest absolute Gasteiger partial charge is 0.399 e. The summed E-state index contributed by atoms with van der Waals surface area (Å²) in [6, 6.07) is 11.2. The van der Waals surface area contributed by atoms with Crippen molar-refractivity contribution in [1.29, 1.82) is 0 Å². The zero-order valence-corrected chi connectivity index (χ0v) is 15.5. The maximum Gasteiger partial charge on any atom is 0.433 e. The van der Waals surface area contributed by atoms with E-state index in [1.54, 1.807) is 6.07 Å². The van der Waals surface area contributed by atoms with E-state index in [0.29, 0.717) is 11.5 Å². The third-order valence-electron chi connectivity index (χ3n) is 5.47. The number of likely N-dealkylation sites (tertiary alicyclic amines) is 1. The van der Waals surface area contributed by atoms with Crippen molar-refractivity contribution in [2.24, 2.45) is 0 Å². The van der Waals surface area contributed by atoms with Crippen molar-refractivity contribution in [2.45, 2.75) is 25.8 Å². The Hall–Kier alpha value is -3.13. The highest BCUT2D eigenvalue weighted by Crippen LogP contribution is 2.28. The molecule has 3 aromatic heterocycles. The van der Waals surface area contributed by atoms with Crippen LogP contribution in [0.2, 0.25) is 0 Å². The van der Waals surface area contributed by atoms with E-state index in [4.69, 9.17) is 9.40 Å². The van der Waals surface area contributed by atoms with E-state index in [-0.39, 0.29) is 5.88 Å². The molecule has 0 atom stereocenters. The predicted octanol–water partition coefficient (Wildman–Crippen LogP) is 3.94.